The summed E-state index contributed by atoms with van der Waals surface area (Å²) in [4.78, 5) is 0. The summed E-state index contributed by atoms with van der Waals surface area (Å²) in [5, 5.41) is 0. The maximum Gasteiger partial charge on any atom is 0.339 e. The first-order valence-corrected chi connectivity index (χ1v) is 11.3. The van der Waals surface area contributed by atoms with E-state index in [4.69, 9.17) is 13.6 Å². The van der Waals surface area contributed by atoms with Gasteiger partial charge in [0.1, 0.15) is 14.2 Å². The van der Waals surface area contributed by atoms with E-state index in [1.54, 1.807) is 7.11 Å². The maximum atomic E-state index is 13.4. The van der Waals surface area contributed by atoms with Crippen LogP contribution in [0.2, 0.25) is 0 Å². The summed E-state index contributed by atoms with van der Waals surface area (Å²) in [6, 6.07) is 0.581. The van der Waals surface area contributed by atoms with E-state index in [0.29, 0.717) is 12.1 Å². The third kappa shape index (κ3) is 9.53. The van der Waals surface area contributed by atoms with E-state index in [9.17, 15) is 4.57 Å². The Labute approximate surface area is 144 Å². The van der Waals surface area contributed by atoms with Crippen LogP contribution < -0.4 is 0 Å². The minimum Gasteiger partial charge on any atom is -0.346 e. The lowest BCUT2D eigenvalue weighted by molar-refractivity contribution is 0.0508. The number of nitrogens with zero attached hydrogens (tertiary/aromatic N) is 1. The zero-order valence-electron chi connectivity index (χ0n) is 16.8. The van der Waals surface area contributed by atoms with Gasteiger partial charge in [-0.1, -0.05) is 0 Å². The van der Waals surface area contributed by atoms with Crippen LogP contribution in [-0.4, -0.2) is 41.0 Å². The van der Waals surface area contributed by atoms with Crippen molar-refractivity contribution in [3.8, 4) is 0 Å². The molecule has 0 aromatic heterocycles. The molecular weight excluding hydrogens is 332 g/mol. The van der Waals surface area contributed by atoms with Crippen molar-refractivity contribution in [3.63, 3.8) is 0 Å². The Hall–Kier alpha value is 0.500. The second-order valence-corrected chi connectivity index (χ2v) is 12.5. The van der Waals surface area contributed by atoms with Gasteiger partial charge in [0.25, 0.3) is 0 Å². The van der Waals surface area contributed by atoms with Crippen LogP contribution in [0.3, 0.4) is 0 Å². The topological polar surface area (TPSA) is 48.0 Å². The molecular formula is C16H37NO4P2. The molecule has 0 heterocycles. The normalized spacial score (nSPS) is 15.7. The first-order valence-electron chi connectivity index (χ1n) is 8.21. The Morgan fingerprint density at radius 2 is 1.26 bits per heavy atom. The molecule has 5 nitrogen and oxygen atoms in total. The fraction of sp³-hybridized carbons (Fsp3) is 1.00. The predicted molar refractivity (Wildman–Crippen MR) is 100 cm³/mol. The summed E-state index contributed by atoms with van der Waals surface area (Å²) in [6.45, 7) is 19.8. The van der Waals surface area contributed by atoms with E-state index < -0.39 is 27.1 Å². The molecule has 23 heavy (non-hydrogen) atoms. The van der Waals surface area contributed by atoms with Crippen LogP contribution in [0.15, 0.2) is 0 Å². The number of rotatable bonds is 8. The Balaban J connectivity index is 5.52. The summed E-state index contributed by atoms with van der Waals surface area (Å²) in [6.07, 6.45) is 0. The quantitative estimate of drug-likeness (QED) is 0.503. The average Bonchev–Trinajstić information content (AvgIpc) is 2.20. The van der Waals surface area contributed by atoms with E-state index in [1.807, 2.05) is 41.5 Å². The fourth-order valence-electron chi connectivity index (χ4n) is 2.40. The first-order chi connectivity index (χ1) is 10.1. The number of hydrogen-bond acceptors (Lipinski definition) is 5. The monoisotopic (exact) mass is 369 g/mol. The summed E-state index contributed by atoms with van der Waals surface area (Å²) in [5.74, 6) is 0.268. The molecule has 0 saturated carbocycles. The van der Waals surface area contributed by atoms with Crippen LogP contribution in [0.1, 0.15) is 69.2 Å². The summed E-state index contributed by atoms with van der Waals surface area (Å²) in [7, 11) is -2.71. The molecule has 0 spiro atoms. The molecule has 0 aliphatic carbocycles. The SMILES string of the molecule is COP(CP(=O)(OC(C)(C)C)OC(C)(C)C)N(C(C)C)C(C)C. The second-order valence-electron chi connectivity index (χ2n) is 8.26. The van der Waals surface area contributed by atoms with E-state index in [0.717, 1.165) is 0 Å². The molecule has 0 bridgehead atoms. The van der Waals surface area contributed by atoms with Crippen LogP contribution >= 0.6 is 15.9 Å². The van der Waals surface area contributed by atoms with E-state index in [1.165, 1.54) is 0 Å². The Bertz CT molecular complexity index is 372. The zero-order valence-corrected chi connectivity index (χ0v) is 18.6. The Morgan fingerprint density at radius 3 is 1.48 bits per heavy atom. The van der Waals surface area contributed by atoms with Crippen molar-refractivity contribution in [2.45, 2.75) is 92.5 Å². The van der Waals surface area contributed by atoms with E-state index >= 15 is 0 Å². The molecule has 0 amide bonds. The van der Waals surface area contributed by atoms with Gasteiger partial charge in [-0.05, 0) is 69.2 Å². The molecule has 0 aromatic rings. The van der Waals surface area contributed by atoms with Gasteiger partial charge in [-0.3, -0.25) is 9.24 Å². The zero-order chi connectivity index (χ0) is 18.6. The lowest BCUT2D eigenvalue weighted by Gasteiger charge is -2.39. The molecule has 0 aromatic carbocycles. The van der Waals surface area contributed by atoms with Gasteiger partial charge < -0.3 is 13.6 Å². The van der Waals surface area contributed by atoms with Gasteiger partial charge in [0.2, 0.25) is 0 Å². The van der Waals surface area contributed by atoms with Crippen molar-refractivity contribution in [3.05, 3.63) is 0 Å². The van der Waals surface area contributed by atoms with E-state index in [2.05, 4.69) is 32.4 Å². The van der Waals surface area contributed by atoms with Gasteiger partial charge >= 0.3 is 7.60 Å². The van der Waals surface area contributed by atoms with Crippen molar-refractivity contribution < 1.29 is 18.1 Å². The molecule has 0 saturated heterocycles. The summed E-state index contributed by atoms with van der Waals surface area (Å²) < 4.78 is 33.2. The molecule has 0 radical (unpaired) electrons. The highest BCUT2D eigenvalue weighted by Crippen LogP contribution is 2.64. The number of hydrogen-bond donors (Lipinski definition) is 0. The van der Waals surface area contributed by atoms with Crippen molar-refractivity contribution >= 4 is 15.9 Å². The fourth-order valence-corrected chi connectivity index (χ4v) is 8.01. The molecule has 140 valence electrons. The van der Waals surface area contributed by atoms with Gasteiger partial charge in [0.05, 0.1) is 11.2 Å². The van der Waals surface area contributed by atoms with Gasteiger partial charge in [-0.2, -0.15) is 0 Å². The van der Waals surface area contributed by atoms with Crippen LogP contribution in [0.4, 0.5) is 0 Å². The molecule has 0 N–H and O–H groups in total. The van der Waals surface area contributed by atoms with Crippen molar-refractivity contribution in [1.82, 2.24) is 4.67 Å². The van der Waals surface area contributed by atoms with Gasteiger partial charge in [0.15, 0.2) is 0 Å². The van der Waals surface area contributed by atoms with Crippen molar-refractivity contribution in [1.29, 1.82) is 0 Å². The third-order valence-electron chi connectivity index (χ3n) is 2.65. The standard InChI is InChI=1S/C16H37NO4P2/c1-13(2)17(14(3)4)22(19-11)12-23(18,20-15(5,6)7)21-16(8,9)10/h13-14H,12H2,1-11H3. The lowest BCUT2D eigenvalue weighted by Crippen LogP contribution is -2.34. The molecule has 0 aliphatic rings. The molecule has 0 rings (SSSR count). The highest BCUT2D eigenvalue weighted by molar-refractivity contribution is 7.69. The van der Waals surface area contributed by atoms with Crippen LogP contribution in [0.5, 0.6) is 0 Å². The van der Waals surface area contributed by atoms with Crippen LogP contribution in [-0.2, 0) is 18.1 Å². The highest BCUT2D eigenvalue weighted by Gasteiger charge is 2.40. The second kappa shape index (κ2) is 8.74. The van der Waals surface area contributed by atoms with Gasteiger partial charge in [-0.15, -0.1) is 0 Å². The van der Waals surface area contributed by atoms with Gasteiger partial charge in [0, 0.05) is 19.2 Å². The molecule has 1 atom stereocenters. The van der Waals surface area contributed by atoms with E-state index in [-0.39, 0.29) is 5.90 Å². The minimum atomic E-state index is -3.31. The van der Waals surface area contributed by atoms with Crippen LogP contribution in [0.25, 0.3) is 0 Å². The summed E-state index contributed by atoms with van der Waals surface area (Å²) >= 11 is 0. The van der Waals surface area contributed by atoms with Crippen LogP contribution in [0, 0.1) is 0 Å². The Kier molecular flexibility index (Phi) is 8.93. The largest absolute Gasteiger partial charge is 0.346 e. The Morgan fingerprint density at radius 1 is 0.913 bits per heavy atom. The molecule has 1 unspecified atom stereocenters. The molecule has 7 heteroatoms. The maximum absolute atomic E-state index is 13.4. The lowest BCUT2D eigenvalue weighted by atomic mass is 10.2. The van der Waals surface area contributed by atoms with Crippen molar-refractivity contribution in [2.24, 2.45) is 0 Å². The highest BCUT2D eigenvalue weighted by atomic mass is 31.2. The summed E-state index contributed by atoms with van der Waals surface area (Å²) in [5.41, 5.74) is -1.09. The third-order valence-corrected chi connectivity index (χ3v) is 8.51. The van der Waals surface area contributed by atoms with Crippen molar-refractivity contribution in [2.75, 3.05) is 13.0 Å². The smallest absolute Gasteiger partial charge is 0.339 e. The minimum absolute atomic E-state index is 0.268. The first kappa shape index (κ1) is 23.5. The predicted octanol–water partition coefficient (Wildman–Crippen LogP) is 5.84. The van der Waals surface area contributed by atoms with Gasteiger partial charge in [-0.25, -0.2) is 0 Å². The average molecular weight is 369 g/mol. The molecule has 0 aliphatic heterocycles. The molecule has 0 fully saturated rings.